The Balaban J connectivity index is 2.09. The molecule has 0 aliphatic carbocycles. The summed E-state index contributed by atoms with van der Waals surface area (Å²) in [6.45, 7) is 2.54. The van der Waals surface area contributed by atoms with Crippen molar-refractivity contribution in [1.82, 2.24) is 0 Å². The van der Waals surface area contributed by atoms with E-state index in [1.807, 2.05) is 43.3 Å². The monoisotopic (exact) mass is 286 g/mol. The van der Waals surface area contributed by atoms with E-state index in [1.165, 1.54) is 11.6 Å². The number of rotatable bonds is 5. The SMILES string of the molecule is Cc1ccc(COc2ccccc2/C=C/C(=O)Cl)cc1. The lowest BCUT2D eigenvalue weighted by Crippen LogP contribution is -1.97. The van der Waals surface area contributed by atoms with Crippen LogP contribution >= 0.6 is 11.6 Å². The normalized spacial score (nSPS) is 10.7. The van der Waals surface area contributed by atoms with Crippen LogP contribution in [-0.4, -0.2) is 5.24 Å². The van der Waals surface area contributed by atoms with E-state index in [-0.39, 0.29) is 0 Å². The van der Waals surface area contributed by atoms with Crippen LogP contribution in [0.2, 0.25) is 0 Å². The number of aryl methyl sites for hydroxylation is 1. The quantitative estimate of drug-likeness (QED) is 0.603. The van der Waals surface area contributed by atoms with Crippen LogP contribution in [0.4, 0.5) is 0 Å². The summed E-state index contributed by atoms with van der Waals surface area (Å²) >= 11 is 5.30. The molecule has 0 spiro atoms. The van der Waals surface area contributed by atoms with Crippen LogP contribution in [-0.2, 0) is 11.4 Å². The minimum Gasteiger partial charge on any atom is -0.488 e. The van der Waals surface area contributed by atoms with Crippen molar-refractivity contribution >= 4 is 22.9 Å². The van der Waals surface area contributed by atoms with Gasteiger partial charge in [-0.2, -0.15) is 0 Å². The smallest absolute Gasteiger partial charge is 0.245 e. The molecule has 0 aromatic heterocycles. The van der Waals surface area contributed by atoms with Crippen LogP contribution < -0.4 is 4.74 Å². The number of benzene rings is 2. The van der Waals surface area contributed by atoms with E-state index in [9.17, 15) is 4.79 Å². The highest BCUT2D eigenvalue weighted by molar-refractivity contribution is 6.66. The third-order valence-electron chi connectivity index (χ3n) is 2.83. The topological polar surface area (TPSA) is 26.3 Å². The molecule has 0 saturated heterocycles. The predicted octanol–water partition coefficient (Wildman–Crippen LogP) is 4.35. The Morgan fingerprint density at radius 1 is 1.15 bits per heavy atom. The van der Waals surface area contributed by atoms with Gasteiger partial charge in [-0.25, -0.2) is 0 Å². The summed E-state index contributed by atoms with van der Waals surface area (Å²) in [5.41, 5.74) is 3.15. The number of carbonyl (C=O) groups is 1. The van der Waals surface area contributed by atoms with Crippen LogP contribution in [0.25, 0.3) is 6.08 Å². The Hall–Kier alpha value is -2.06. The van der Waals surface area contributed by atoms with Gasteiger partial charge in [0.05, 0.1) is 0 Å². The van der Waals surface area contributed by atoms with Crippen molar-refractivity contribution in [1.29, 1.82) is 0 Å². The standard InChI is InChI=1S/C17H15ClO2/c1-13-6-8-14(9-7-13)12-20-16-5-3-2-4-15(16)10-11-17(18)19/h2-11H,12H2,1H3/b11-10+. The third-order valence-corrected chi connectivity index (χ3v) is 2.95. The number of para-hydroxylation sites is 1. The lowest BCUT2D eigenvalue weighted by Gasteiger charge is -2.09. The van der Waals surface area contributed by atoms with Crippen molar-refractivity contribution < 1.29 is 9.53 Å². The van der Waals surface area contributed by atoms with Crippen LogP contribution in [0.3, 0.4) is 0 Å². The van der Waals surface area contributed by atoms with Crippen molar-refractivity contribution in [2.45, 2.75) is 13.5 Å². The highest BCUT2D eigenvalue weighted by atomic mass is 35.5. The van der Waals surface area contributed by atoms with E-state index >= 15 is 0 Å². The Kier molecular flexibility index (Phi) is 4.97. The summed E-state index contributed by atoms with van der Waals surface area (Å²) in [5, 5.41) is -0.502. The maximum absolute atomic E-state index is 10.8. The first-order chi connectivity index (χ1) is 9.65. The zero-order valence-electron chi connectivity index (χ0n) is 11.2. The minimum atomic E-state index is -0.502. The first kappa shape index (κ1) is 14.4. The average molecular weight is 287 g/mol. The Morgan fingerprint density at radius 2 is 1.85 bits per heavy atom. The van der Waals surface area contributed by atoms with Gasteiger partial charge in [-0.05, 0) is 42.3 Å². The number of carbonyl (C=O) groups excluding carboxylic acids is 1. The van der Waals surface area contributed by atoms with Gasteiger partial charge in [-0.15, -0.1) is 0 Å². The summed E-state index contributed by atoms with van der Waals surface area (Å²) in [4.78, 5) is 10.8. The number of hydrogen-bond acceptors (Lipinski definition) is 2. The van der Waals surface area contributed by atoms with Gasteiger partial charge >= 0.3 is 0 Å². The van der Waals surface area contributed by atoms with Gasteiger partial charge in [0.15, 0.2) is 0 Å². The van der Waals surface area contributed by atoms with Gasteiger partial charge in [0, 0.05) is 5.56 Å². The maximum Gasteiger partial charge on any atom is 0.245 e. The van der Waals surface area contributed by atoms with E-state index in [0.717, 1.165) is 16.9 Å². The summed E-state index contributed by atoms with van der Waals surface area (Å²) in [6.07, 6.45) is 2.97. The molecule has 2 aromatic carbocycles. The number of ether oxygens (including phenoxy) is 1. The van der Waals surface area contributed by atoms with E-state index < -0.39 is 5.24 Å². The highest BCUT2D eigenvalue weighted by Gasteiger charge is 2.01. The molecule has 20 heavy (non-hydrogen) atoms. The predicted molar refractivity (Wildman–Crippen MR) is 81.8 cm³/mol. The molecule has 2 nitrogen and oxygen atoms in total. The fraction of sp³-hybridized carbons (Fsp3) is 0.118. The molecule has 0 N–H and O–H groups in total. The molecule has 2 aromatic rings. The van der Waals surface area contributed by atoms with Crippen molar-refractivity contribution in [2.75, 3.05) is 0 Å². The number of allylic oxidation sites excluding steroid dienone is 1. The molecule has 0 bridgehead atoms. The molecule has 0 unspecified atom stereocenters. The molecule has 3 heteroatoms. The average Bonchev–Trinajstić information content (AvgIpc) is 2.45. The van der Waals surface area contributed by atoms with Crippen LogP contribution in [0, 0.1) is 6.92 Å². The zero-order chi connectivity index (χ0) is 14.4. The molecule has 0 radical (unpaired) electrons. The third kappa shape index (κ3) is 4.25. The van der Waals surface area contributed by atoms with Crippen molar-refractivity contribution in [3.8, 4) is 5.75 Å². The lowest BCUT2D eigenvalue weighted by molar-refractivity contribution is -0.107. The van der Waals surface area contributed by atoms with Crippen LogP contribution in [0.5, 0.6) is 5.75 Å². The van der Waals surface area contributed by atoms with Gasteiger partial charge in [-0.3, -0.25) is 4.79 Å². The highest BCUT2D eigenvalue weighted by Crippen LogP contribution is 2.21. The molecule has 0 aliphatic rings. The largest absolute Gasteiger partial charge is 0.488 e. The van der Waals surface area contributed by atoms with Crippen LogP contribution in [0.15, 0.2) is 54.6 Å². The van der Waals surface area contributed by atoms with Gasteiger partial charge in [0.1, 0.15) is 12.4 Å². The van der Waals surface area contributed by atoms with Crippen LogP contribution in [0.1, 0.15) is 16.7 Å². The molecule has 0 amide bonds. The Labute approximate surface area is 123 Å². The second-order valence-corrected chi connectivity index (χ2v) is 4.82. The van der Waals surface area contributed by atoms with Gasteiger partial charge in [0.2, 0.25) is 5.24 Å². The molecule has 0 aliphatic heterocycles. The summed E-state index contributed by atoms with van der Waals surface area (Å²) in [5.74, 6) is 0.724. The number of halogens is 1. The van der Waals surface area contributed by atoms with Gasteiger partial charge < -0.3 is 4.74 Å². The summed E-state index contributed by atoms with van der Waals surface area (Å²) in [7, 11) is 0. The lowest BCUT2D eigenvalue weighted by atomic mass is 10.1. The molecule has 0 saturated carbocycles. The van der Waals surface area contributed by atoms with E-state index in [2.05, 4.69) is 12.1 Å². The van der Waals surface area contributed by atoms with E-state index in [4.69, 9.17) is 16.3 Å². The molecule has 0 fully saturated rings. The molecule has 0 heterocycles. The first-order valence-electron chi connectivity index (χ1n) is 6.30. The fourth-order valence-corrected chi connectivity index (χ4v) is 1.81. The minimum absolute atomic E-state index is 0.486. The molecular weight excluding hydrogens is 272 g/mol. The summed E-state index contributed by atoms with van der Waals surface area (Å²) < 4.78 is 5.79. The molecule has 102 valence electrons. The molecular formula is C17H15ClO2. The Morgan fingerprint density at radius 3 is 2.55 bits per heavy atom. The van der Waals surface area contributed by atoms with Gasteiger partial charge in [0.25, 0.3) is 0 Å². The Bertz CT molecular complexity index is 615. The van der Waals surface area contributed by atoms with Crippen molar-refractivity contribution in [2.24, 2.45) is 0 Å². The summed E-state index contributed by atoms with van der Waals surface area (Å²) in [6, 6.07) is 15.7. The molecule has 0 atom stereocenters. The van der Waals surface area contributed by atoms with Gasteiger partial charge in [-0.1, -0.05) is 48.0 Å². The first-order valence-corrected chi connectivity index (χ1v) is 6.68. The maximum atomic E-state index is 10.8. The van der Waals surface area contributed by atoms with E-state index in [1.54, 1.807) is 6.08 Å². The second kappa shape index (κ2) is 6.92. The number of hydrogen-bond donors (Lipinski definition) is 0. The second-order valence-electron chi connectivity index (χ2n) is 4.45. The van der Waals surface area contributed by atoms with Crippen molar-refractivity contribution in [3.63, 3.8) is 0 Å². The van der Waals surface area contributed by atoms with E-state index in [0.29, 0.717) is 6.61 Å². The van der Waals surface area contributed by atoms with Crippen molar-refractivity contribution in [3.05, 3.63) is 71.3 Å². The zero-order valence-corrected chi connectivity index (χ0v) is 11.9. The fourth-order valence-electron chi connectivity index (χ4n) is 1.75. The molecule has 2 rings (SSSR count).